The van der Waals surface area contributed by atoms with Crippen LogP contribution in [0.5, 0.6) is 0 Å². The van der Waals surface area contributed by atoms with Crippen LogP contribution in [0.2, 0.25) is 0 Å². The molecule has 4 rings (SSSR count). The Kier molecular flexibility index (Phi) is 3.93. The predicted octanol–water partition coefficient (Wildman–Crippen LogP) is 4.10. The Labute approximate surface area is 149 Å². The van der Waals surface area contributed by atoms with Gasteiger partial charge in [0.15, 0.2) is 11.3 Å². The van der Waals surface area contributed by atoms with E-state index in [2.05, 4.69) is 15.4 Å². The number of halogens is 1. The molecule has 2 heterocycles. The van der Waals surface area contributed by atoms with Gasteiger partial charge in [-0.15, -0.1) is 0 Å². The summed E-state index contributed by atoms with van der Waals surface area (Å²) in [6.45, 7) is 1.80. The largest absolute Gasteiger partial charge is 0.320 e. The van der Waals surface area contributed by atoms with Gasteiger partial charge in [-0.05, 0) is 30.7 Å². The molecule has 128 valence electrons. The van der Waals surface area contributed by atoms with Crippen molar-refractivity contribution in [3.8, 4) is 11.3 Å². The molecule has 0 unspecified atom stereocenters. The Balaban J connectivity index is 1.72. The Hall–Kier alpha value is -3.54. The molecule has 5 nitrogen and oxygen atoms in total. The fraction of sp³-hybridized carbons (Fsp3) is 0.0500. The molecule has 1 N–H and O–H groups in total. The van der Waals surface area contributed by atoms with Gasteiger partial charge >= 0.3 is 0 Å². The molecule has 0 atom stereocenters. The van der Waals surface area contributed by atoms with Gasteiger partial charge in [0, 0.05) is 23.5 Å². The lowest BCUT2D eigenvalue weighted by Gasteiger charge is -2.06. The highest BCUT2D eigenvalue weighted by Crippen LogP contribution is 2.21. The summed E-state index contributed by atoms with van der Waals surface area (Å²) in [5.41, 5.74) is 3.76. The normalized spacial score (nSPS) is 10.8. The fourth-order valence-corrected chi connectivity index (χ4v) is 2.75. The van der Waals surface area contributed by atoms with E-state index in [1.165, 1.54) is 12.1 Å². The number of hydrogen-bond donors (Lipinski definition) is 1. The average molecular weight is 346 g/mol. The number of benzene rings is 2. The van der Waals surface area contributed by atoms with Crippen molar-refractivity contribution in [2.75, 3.05) is 5.32 Å². The van der Waals surface area contributed by atoms with Gasteiger partial charge in [0.1, 0.15) is 5.82 Å². The smallest absolute Gasteiger partial charge is 0.276 e. The molecule has 0 aliphatic carbocycles. The van der Waals surface area contributed by atoms with Gasteiger partial charge in [0.25, 0.3) is 5.91 Å². The first-order chi connectivity index (χ1) is 12.6. The first-order valence-electron chi connectivity index (χ1n) is 8.09. The van der Waals surface area contributed by atoms with Crippen molar-refractivity contribution >= 4 is 17.2 Å². The van der Waals surface area contributed by atoms with Gasteiger partial charge < -0.3 is 5.32 Å². The summed E-state index contributed by atoms with van der Waals surface area (Å²) in [5.74, 6) is -0.822. The summed E-state index contributed by atoms with van der Waals surface area (Å²) in [6, 6.07) is 17.4. The number of amides is 1. The van der Waals surface area contributed by atoms with E-state index in [4.69, 9.17) is 0 Å². The summed E-state index contributed by atoms with van der Waals surface area (Å²) in [4.78, 5) is 16.8. The maximum atomic E-state index is 13.4. The third-order valence-electron chi connectivity index (χ3n) is 4.11. The third-order valence-corrected chi connectivity index (χ3v) is 4.11. The van der Waals surface area contributed by atoms with E-state index >= 15 is 0 Å². The van der Waals surface area contributed by atoms with E-state index < -0.39 is 11.7 Å². The van der Waals surface area contributed by atoms with Crippen LogP contribution in [0.25, 0.3) is 16.9 Å². The minimum atomic E-state index is -0.414. The Bertz CT molecular complexity index is 1110. The minimum Gasteiger partial charge on any atom is -0.320 e. The number of hydrogen-bond acceptors (Lipinski definition) is 3. The lowest BCUT2D eigenvalue weighted by Crippen LogP contribution is -2.13. The highest BCUT2D eigenvalue weighted by atomic mass is 19.1. The molecule has 0 aliphatic heterocycles. The molecule has 6 heteroatoms. The summed E-state index contributed by atoms with van der Waals surface area (Å²) < 4.78 is 15.1. The molecule has 26 heavy (non-hydrogen) atoms. The molecule has 0 spiro atoms. The van der Waals surface area contributed by atoms with Crippen LogP contribution in [0.1, 0.15) is 16.1 Å². The van der Waals surface area contributed by atoms with Crippen molar-refractivity contribution in [2.24, 2.45) is 0 Å². The molecule has 0 saturated carbocycles. The monoisotopic (exact) mass is 346 g/mol. The van der Waals surface area contributed by atoms with Crippen LogP contribution in [0.4, 0.5) is 10.1 Å². The molecule has 0 bridgehead atoms. The number of anilines is 1. The van der Waals surface area contributed by atoms with Crippen LogP contribution in [-0.4, -0.2) is 20.5 Å². The maximum absolute atomic E-state index is 13.4. The third kappa shape index (κ3) is 2.93. The van der Waals surface area contributed by atoms with Gasteiger partial charge in [-0.1, -0.05) is 36.4 Å². The first kappa shape index (κ1) is 16.0. The van der Waals surface area contributed by atoms with Crippen molar-refractivity contribution < 1.29 is 9.18 Å². The number of carbonyl (C=O) groups excluding carboxylic acids is 1. The molecule has 0 radical (unpaired) electrons. The zero-order valence-electron chi connectivity index (χ0n) is 14.0. The van der Waals surface area contributed by atoms with Crippen LogP contribution < -0.4 is 5.32 Å². The topological polar surface area (TPSA) is 59.3 Å². The summed E-state index contributed by atoms with van der Waals surface area (Å²) >= 11 is 0. The lowest BCUT2D eigenvalue weighted by molar-refractivity contribution is 0.102. The number of nitrogens with zero attached hydrogens (tertiary/aromatic N) is 3. The zero-order chi connectivity index (χ0) is 18.1. The molecule has 2 aromatic carbocycles. The van der Waals surface area contributed by atoms with Crippen molar-refractivity contribution in [3.63, 3.8) is 0 Å². The lowest BCUT2D eigenvalue weighted by atomic mass is 10.1. The number of aryl methyl sites for hydroxylation is 1. The molecular weight excluding hydrogens is 331 g/mol. The molecule has 4 aromatic rings. The van der Waals surface area contributed by atoms with Crippen LogP contribution in [0.15, 0.2) is 66.9 Å². The number of carbonyl (C=O) groups is 1. The number of rotatable bonds is 3. The summed E-state index contributed by atoms with van der Waals surface area (Å²) in [7, 11) is 0. The fourth-order valence-electron chi connectivity index (χ4n) is 2.75. The molecule has 1 amide bonds. The second-order valence-electron chi connectivity index (χ2n) is 5.91. The van der Waals surface area contributed by atoms with E-state index in [0.717, 1.165) is 16.8 Å². The number of aromatic nitrogens is 3. The zero-order valence-corrected chi connectivity index (χ0v) is 14.0. The van der Waals surface area contributed by atoms with Crippen LogP contribution in [0, 0.1) is 12.7 Å². The van der Waals surface area contributed by atoms with Crippen molar-refractivity contribution in [3.05, 3.63) is 83.9 Å². The van der Waals surface area contributed by atoms with E-state index in [9.17, 15) is 9.18 Å². The molecule has 2 aromatic heterocycles. The average Bonchev–Trinajstić information content (AvgIpc) is 3.10. The maximum Gasteiger partial charge on any atom is 0.276 e. The van der Waals surface area contributed by atoms with Crippen molar-refractivity contribution in [2.45, 2.75) is 6.92 Å². The van der Waals surface area contributed by atoms with Crippen LogP contribution >= 0.6 is 0 Å². The summed E-state index contributed by atoms with van der Waals surface area (Å²) in [6.07, 6.45) is 1.68. The minimum absolute atomic E-state index is 0.213. The second kappa shape index (κ2) is 6.40. The second-order valence-corrected chi connectivity index (χ2v) is 5.91. The van der Waals surface area contributed by atoms with E-state index in [-0.39, 0.29) is 5.69 Å². The van der Waals surface area contributed by atoms with Gasteiger partial charge in [-0.25, -0.2) is 13.9 Å². The molecule has 0 saturated heterocycles. The van der Waals surface area contributed by atoms with Crippen molar-refractivity contribution in [1.29, 1.82) is 0 Å². The van der Waals surface area contributed by atoms with Crippen molar-refractivity contribution in [1.82, 2.24) is 14.6 Å². The van der Waals surface area contributed by atoms with E-state index in [0.29, 0.717) is 11.3 Å². The highest BCUT2D eigenvalue weighted by molar-refractivity contribution is 6.04. The van der Waals surface area contributed by atoms with Crippen LogP contribution in [0.3, 0.4) is 0 Å². The SMILES string of the molecule is Cc1ccc(F)cc1NC(=O)c1cc2nccc(-c3ccccc3)n2n1. The van der Waals surface area contributed by atoms with Gasteiger partial charge in [0.05, 0.1) is 5.69 Å². The highest BCUT2D eigenvalue weighted by Gasteiger charge is 2.15. The predicted molar refractivity (Wildman–Crippen MR) is 97.5 cm³/mol. The van der Waals surface area contributed by atoms with E-state index in [1.54, 1.807) is 29.8 Å². The Morgan fingerprint density at radius 3 is 2.69 bits per heavy atom. The molecule has 0 fully saturated rings. The first-order valence-corrected chi connectivity index (χ1v) is 8.09. The Morgan fingerprint density at radius 2 is 1.88 bits per heavy atom. The number of nitrogens with one attached hydrogen (secondary N) is 1. The molecular formula is C20H15FN4O. The van der Waals surface area contributed by atoms with E-state index in [1.807, 2.05) is 36.4 Å². The standard InChI is InChI=1S/C20H15FN4O/c1-13-7-8-15(21)11-16(13)23-20(26)17-12-19-22-10-9-18(25(19)24-17)14-5-3-2-4-6-14/h2-12H,1H3,(H,23,26). The van der Waals surface area contributed by atoms with Gasteiger partial charge in [-0.3, -0.25) is 4.79 Å². The molecule has 0 aliphatic rings. The van der Waals surface area contributed by atoms with Crippen LogP contribution in [-0.2, 0) is 0 Å². The summed E-state index contributed by atoms with van der Waals surface area (Å²) in [5, 5.41) is 7.09. The van der Waals surface area contributed by atoms with Gasteiger partial charge in [-0.2, -0.15) is 5.10 Å². The quantitative estimate of drug-likeness (QED) is 0.608. The Morgan fingerprint density at radius 1 is 1.08 bits per heavy atom. The van der Waals surface area contributed by atoms with Gasteiger partial charge in [0.2, 0.25) is 0 Å². The number of fused-ring (bicyclic) bond motifs is 1.